The Morgan fingerprint density at radius 2 is 2.06 bits per heavy atom. The first kappa shape index (κ1) is 11.7. The number of amides is 1. The second-order valence-corrected chi connectivity index (χ2v) is 3.72. The molecule has 0 unspecified atom stereocenters. The molecule has 1 amide bonds. The number of carbonyl (C=O) groups excluding carboxylic acids is 1. The van der Waals surface area contributed by atoms with Crippen molar-refractivity contribution in [2.75, 3.05) is 27.4 Å². The summed E-state index contributed by atoms with van der Waals surface area (Å²) in [5.74, 6) is 1.25. The fraction of sp³-hybridized carbons (Fsp3) is 0.417. The van der Waals surface area contributed by atoms with Crippen molar-refractivity contribution < 1.29 is 19.0 Å². The van der Waals surface area contributed by atoms with Crippen LogP contribution >= 0.6 is 0 Å². The first-order chi connectivity index (χ1) is 8.24. The van der Waals surface area contributed by atoms with Gasteiger partial charge in [0.25, 0.3) is 0 Å². The predicted molar refractivity (Wildman–Crippen MR) is 61.2 cm³/mol. The molecule has 1 N–H and O–H groups in total. The molecular weight excluding hydrogens is 222 g/mol. The largest absolute Gasteiger partial charge is 0.493 e. The van der Waals surface area contributed by atoms with Crippen LogP contribution in [0.3, 0.4) is 0 Å². The number of nitrogens with one attached hydrogen (secondary N) is 1. The third kappa shape index (κ3) is 2.50. The summed E-state index contributed by atoms with van der Waals surface area (Å²) in [6.45, 7) is 0.577. The molecule has 92 valence electrons. The molecule has 5 nitrogen and oxygen atoms in total. The van der Waals surface area contributed by atoms with E-state index in [0.717, 1.165) is 5.56 Å². The lowest BCUT2D eigenvalue weighted by molar-refractivity contribution is -0.133. The smallest absolute Gasteiger partial charge is 0.246 e. The maximum atomic E-state index is 11.0. The maximum absolute atomic E-state index is 11.0. The minimum atomic E-state index is -0.132. The minimum absolute atomic E-state index is 0.0817. The summed E-state index contributed by atoms with van der Waals surface area (Å²) in [6, 6.07) is 5.60. The molecule has 0 spiro atoms. The van der Waals surface area contributed by atoms with E-state index in [-0.39, 0.29) is 18.6 Å². The van der Waals surface area contributed by atoms with Crippen molar-refractivity contribution in [2.45, 2.75) is 6.10 Å². The molecule has 0 saturated carbocycles. The van der Waals surface area contributed by atoms with E-state index < -0.39 is 0 Å². The van der Waals surface area contributed by atoms with Gasteiger partial charge in [0.05, 0.1) is 14.2 Å². The highest BCUT2D eigenvalue weighted by molar-refractivity contribution is 5.77. The second-order valence-electron chi connectivity index (χ2n) is 3.72. The highest BCUT2D eigenvalue weighted by atomic mass is 16.5. The highest BCUT2D eigenvalue weighted by Crippen LogP contribution is 2.31. The van der Waals surface area contributed by atoms with E-state index in [4.69, 9.17) is 14.2 Å². The predicted octanol–water partition coefficient (Wildman–Crippen LogP) is 0.891. The molecule has 1 atom stereocenters. The molecule has 1 aliphatic heterocycles. The minimum Gasteiger partial charge on any atom is -0.493 e. The first-order valence-electron chi connectivity index (χ1n) is 5.35. The molecule has 0 radical (unpaired) electrons. The Balaban J connectivity index is 2.18. The molecule has 1 heterocycles. The molecule has 2 rings (SSSR count). The molecular formula is C12H15NO4. The Bertz CT molecular complexity index is 409. The molecule has 1 aromatic rings. The molecule has 17 heavy (non-hydrogen) atoms. The Labute approximate surface area is 99.7 Å². The summed E-state index contributed by atoms with van der Waals surface area (Å²) in [4.78, 5) is 11.0. The third-order valence-corrected chi connectivity index (χ3v) is 2.68. The van der Waals surface area contributed by atoms with Crippen molar-refractivity contribution in [1.29, 1.82) is 0 Å². The molecule has 1 saturated heterocycles. The fourth-order valence-corrected chi connectivity index (χ4v) is 1.76. The van der Waals surface area contributed by atoms with Crippen molar-refractivity contribution in [1.82, 2.24) is 5.32 Å². The lowest BCUT2D eigenvalue weighted by Gasteiger charge is -2.24. The van der Waals surface area contributed by atoms with Crippen LogP contribution in [-0.4, -0.2) is 33.3 Å². The van der Waals surface area contributed by atoms with E-state index in [1.807, 2.05) is 18.2 Å². The van der Waals surface area contributed by atoms with Gasteiger partial charge in [0, 0.05) is 6.54 Å². The summed E-state index contributed by atoms with van der Waals surface area (Å²) in [5.41, 5.74) is 0.961. The Morgan fingerprint density at radius 1 is 1.29 bits per heavy atom. The molecule has 5 heteroatoms. The van der Waals surface area contributed by atoms with Gasteiger partial charge in [-0.05, 0) is 17.7 Å². The molecule has 1 aromatic carbocycles. The summed E-state index contributed by atoms with van der Waals surface area (Å²) < 4.78 is 15.8. The number of ether oxygens (including phenoxy) is 3. The van der Waals surface area contributed by atoms with Crippen molar-refractivity contribution in [3.63, 3.8) is 0 Å². The van der Waals surface area contributed by atoms with Crippen molar-refractivity contribution in [2.24, 2.45) is 0 Å². The van der Waals surface area contributed by atoms with Crippen LogP contribution in [-0.2, 0) is 9.53 Å². The van der Waals surface area contributed by atoms with E-state index in [1.54, 1.807) is 14.2 Å². The molecule has 0 bridgehead atoms. The summed E-state index contributed by atoms with van der Waals surface area (Å²) in [5, 5.41) is 2.76. The monoisotopic (exact) mass is 237 g/mol. The van der Waals surface area contributed by atoms with E-state index >= 15 is 0 Å². The average molecular weight is 237 g/mol. The summed E-state index contributed by atoms with van der Waals surface area (Å²) in [6.07, 6.45) is -0.132. The molecule has 1 fully saturated rings. The topological polar surface area (TPSA) is 56.8 Å². The second kappa shape index (κ2) is 5.05. The van der Waals surface area contributed by atoms with Crippen molar-refractivity contribution >= 4 is 5.91 Å². The quantitative estimate of drug-likeness (QED) is 0.848. The Hall–Kier alpha value is -1.75. The van der Waals surface area contributed by atoms with Crippen molar-refractivity contribution in [3.8, 4) is 11.5 Å². The lowest BCUT2D eigenvalue weighted by Crippen LogP contribution is -2.38. The Morgan fingerprint density at radius 3 is 2.65 bits per heavy atom. The van der Waals surface area contributed by atoms with Crippen LogP contribution < -0.4 is 14.8 Å². The number of rotatable bonds is 3. The van der Waals surface area contributed by atoms with Crippen LogP contribution in [0.25, 0.3) is 0 Å². The summed E-state index contributed by atoms with van der Waals surface area (Å²) >= 11 is 0. The Kier molecular flexibility index (Phi) is 3.49. The van der Waals surface area contributed by atoms with Gasteiger partial charge < -0.3 is 19.5 Å². The zero-order chi connectivity index (χ0) is 12.3. The fourth-order valence-electron chi connectivity index (χ4n) is 1.76. The number of carbonyl (C=O) groups is 1. The normalized spacial score (nSPS) is 19.6. The van der Waals surface area contributed by atoms with Crippen LogP contribution in [0.4, 0.5) is 0 Å². The number of hydrogen-bond acceptors (Lipinski definition) is 4. The van der Waals surface area contributed by atoms with Crippen LogP contribution in [0, 0.1) is 0 Å². The third-order valence-electron chi connectivity index (χ3n) is 2.68. The van der Waals surface area contributed by atoms with Crippen molar-refractivity contribution in [3.05, 3.63) is 23.8 Å². The number of methoxy groups -OCH3 is 2. The number of benzene rings is 1. The summed E-state index contributed by atoms with van der Waals surface area (Å²) in [7, 11) is 3.18. The zero-order valence-electron chi connectivity index (χ0n) is 9.86. The highest BCUT2D eigenvalue weighted by Gasteiger charge is 2.21. The van der Waals surface area contributed by atoms with Crippen LogP contribution in [0.15, 0.2) is 18.2 Å². The molecule has 0 aliphatic carbocycles. The van der Waals surface area contributed by atoms with Gasteiger partial charge in [-0.1, -0.05) is 6.07 Å². The van der Waals surface area contributed by atoms with E-state index in [1.165, 1.54) is 0 Å². The number of morpholine rings is 1. The van der Waals surface area contributed by atoms with Gasteiger partial charge in [0.1, 0.15) is 12.7 Å². The van der Waals surface area contributed by atoms with Gasteiger partial charge in [0.15, 0.2) is 11.5 Å². The van der Waals surface area contributed by atoms with E-state index in [0.29, 0.717) is 18.0 Å². The standard InChI is InChI=1S/C12H15NO4/c1-15-9-4-3-8(5-10(9)16-2)11-6-13-12(14)7-17-11/h3-5,11H,6-7H2,1-2H3,(H,13,14)/t11-/m1/s1. The van der Waals surface area contributed by atoms with E-state index in [9.17, 15) is 4.79 Å². The van der Waals surface area contributed by atoms with Crippen LogP contribution in [0.2, 0.25) is 0 Å². The zero-order valence-corrected chi connectivity index (χ0v) is 9.86. The van der Waals surface area contributed by atoms with Crippen LogP contribution in [0.5, 0.6) is 11.5 Å². The van der Waals surface area contributed by atoms with E-state index in [2.05, 4.69) is 5.32 Å². The van der Waals surface area contributed by atoms with Gasteiger partial charge >= 0.3 is 0 Å². The SMILES string of the molecule is COc1ccc([C@H]2CNC(=O)CO2)cc1OC. The first-order valence-corrected chi connectivity index (χ1v) is 5.35. The molecule has 1 aliphatic rings. The van der Waals surface area contributed by atoms with Gasteiger partial charge in [-0.2, -0.15) is 0 Å². The van der Waals surface area contributed by atoms with Gasteiger partial charge in [-0.3, -0.25) is 4.79 Å². The average Bonchev–Trinajstić information content (AvgIpc) is 2.39. The maximum Gasteiger partial charge on any atom is 0.246 e. The van der Waals surface area contributed by atoms with Gasteiger partial charge in [0.2, 0.25) is 5.91 Å². The number of hydrogen-bond donors (Lipinski definition) is 1. The van der Waals surface area contributed by atoms with Crippen LogP contribution in [0.1, 0.15) is 11.7 Å². The lowest BCUT2D eigenvalue weighted by atomic mass is 10.1. The van der Waals surface area contributed by atoms with Gasteiger partial charge in [-0.25, -0.2) is 0 Å². The van der Waals surface area contributed by atoms with Gasteiger partial charge in [-0.15, -0.1) is 0 Å². The molecule has 0 aromatic heterocycles.